The zero-order valence-corrected chi connectivity index (χ0v) is 15.1. The minimum absolute atomic E-state index is 0.400. The normalized spacial score (nSPS) is 11.1. The van der Waals surface area contributed by atoms with Gasteiger partial charge in [0.15, 0.2) is 11.5 Å². The molecule has 3 N–H and O–H groups in total. The fourth-order valence-corrected chi connectivity index (χ4v) is 2.21. The number of anilines is 2. The number of nitrogens with two attached hydrogens (primary N) is 1. The first kappa shape index (κ1) is 18.5. The van der Waals surface area contributed by atoms with E-state index in [2.05, 4.69) is 34.1 Å². The van der Waals surface area contributed by atoms with Crippen LogP contribution in [0.1, 0.15) is 25.0 Å². The molecule has 7 heteroatoms. The van der Waals surface area contributed by atoms with E-state index < -0.39 is 0 Å². The third kappa shape index (κ3) is 5.07. The van der Waals surface area contributed by atoms with Crippen LogP contribution in [0, 0.1) is 5.92 Å². The van der Waals surface area contributed by atoms with Crippen molar-refractivity contribution in [3.05, 3.63) is 35.7 Å². The van der Waals surface area contributed by atoms with Crippen LogP contribution in [0.2, 0.25) is 0 Å². The molecular formula is C18H25N5O2. The molecule has 1 heterocycles. The molecule has 1 aromatic heterocycles. The molecule has 0 fully saturated rings. The van der Waals surface area contributed by atoms with Crippen molar-refractivity contribution in [1.29, 1.82) is 0 Å². The van der Waals surface area contributed by atoms with Crippen LogP contribution in [0.4, 0.5) is 11.6 Å². The maximum atomic E-state index is 5.97. The van der Waals surface area contributed by atoms with Crippen molar-refractivity contribution in [2.24, 2.45) is 10.9 Å². The maximum Gasteiger partial charge on any atom is 0.161 e. The average Bonchev–Trinajstić information content (AvgIpc) is 2.61. The Labute approximate surface area is 148 Å². The highest BCUT2D eigenvalue weighted by Crippen LogP contribution is 2.28. The number of methoxy groups -OCH3 is 2. The largest absolute Gasteiger partial charge is 0.493 e. The summed E-state index contributed by atoms with van der Waals surface area (Å²) < 4.78 is 10.6. The number of rotatable bonds is 8. The average molecular weight is 343 g/mol. The summed E-state index contributed by atoms with van der Waals surface area (Å²) in [6.45, 7) is 5.50. The lowest BCUT2D eigenvalue weighted by atomic mass is 10.2. The van der Waals surface area contributed by atoms with E-state index in [0.717, 1.165) is 12.1 Å². The van der Waals surface area contributed by atoms with Crippen LogP contribution in [-0.2, 0) is 6.54 Å². The van der Waals surface area contributed by atoms with Gasteiger partial charge in [-0.2, -0.15) is 0 Å². The first-order valence-corrected chi connectivity index (χ1v) is 8.10. The van der Waals surface area contributed by atoms with Gasteiger partial charge in [0.1, 0.15) is 18.0 Å². The second kappa shape index (κ2) is 8.86. The molecule has 7 nitrogen and oxygen atoms in total. The molecule has 0 aliphatic heterocycles. The number of nitrogens with one attached hydrogen (secondary N) is 1. The number of hydrogen-bond acceptors (Lipinski definition) is 7. The third-order valence-corrected chi connectivity index (χ3v) is 3.51. The van der Waals surface area contributed by atoms with Crippen molar-refractivity contribution in [2.75, 3.05) is 31.8 Å². The van der Waals surface area contributed by atoms with E-state index in [1.54, 1.807) is 20.4 Å². The molecule has 1 aromatic carbocycles. The molecule has 0 saturated heterocycles. The Morgan fingerprint density at radius 1 is 1.20 bits per heavy atom. The second-order valence-corrected chi connectivity index (χ2v) is 5.95. The molecule has 0 aliphatic rings. The molecule has 0 aliphatic carbocycles. The molecule has 0 spiro atoms. The lowest BCUT2D eigenvalue weighted by molar-refractivity contribution is 0.354. The highest BCUT2D eigenvalue weighted by molar-refractivity contribution is 5.91. The van der Waals surface area contributed by atoms with Gasteiger partial charge in [-0.15, -0.1) is 0 Å². The number of aliphatic imine (C=N–C) groups is 1. The van der Waals surface area contributed by atoms with E-state index >= 15 is 0 Å². The summed E-state index contributed by atoms with van der Waals surface area (Å²) in [5.41, 5.74) is 7.70. The molecule has 0 saturated carbocycles. The number of nitrogen functional groups attached to an aromatic ring is 1. The summed E-state index contributed by atoms with van der Waals surface area (Å²) in [7, 11) is 3.23. The van der Waals surface area contributed by atoms with Crippen LogP contribution in [0.15, 0.2) is 29.5 Å². The summed E-state index contributed by atoms with van der Waals surface area (Å²) in [4.78, 5) is 12.7. The van der Waals surface area contributed by atoms with Crippen molar-refractivity contribution in [1.82, 2.24) is 9.97 Å². The highest BCUT2D eigenvalue weighted by atomic mass is 16.5. The summed E-state index contributed by atoms with van der Waals surface area (Å²) in [6.07, 6.45) is 3.17. The Bertz CT molecular complexity index is 731. The van der Waals surface area contributed by atoms with E-state index in [9.17, 15) is 0 Å². The molecule has 2 aromatic rings. The Morgan fingerprint density at radius 3 is 2.64 bits per heavy atom. The second-order valence-electron chi connectivity index (χ2n) is 5.95. The molecule has 0 bridgehead atoms. The smallest absolute Gasteiger partial charge is 0.161 e. The molecule has 25 heavy (non-hydrogen) atoms. The summed E-state index contributed by atoms with van der Waals surface area (Å²) in [5, 5.41) is 3.28. The maximum absolute atomic E-state index is 5.97. The van der Waals surface area contributed by atoms with Gasteiger partial charge in [-0.25, -0.2) is 9.97 Å². The zero-order chi connectivity index (χ0) is 18.2. The first-order chi connectivity index (χ1) is 12.0. The van der Waals surface area contributed by atoms with Gasteiger partial charge in [-0.05, 0) is 23.6 Å². The van der Waals surface area contributed by atoms with Gasteiger partial charge >= 0.3 is 0 Å². The van der Waals surface area contributed by atoms with Crippen molar-refractivity contribution in [2.45, 2.75) is 20.4 Å². The Hall–Kier alpha value is -2.83. The predicted molar refractivity (Wildman–Crippen MR) is 101 cm³/mol. The lowest BCUT2D eigenvalue weighted by Gasteiger charge is -2.12. The summed E-state index contributed by atoms with van der Waals surface area (Å²) in [6, 6.07) is 5.75. The van der Waals surface area contributed by atoms with Gasteiger partial charge in [-0.1, -0.05) is 19.9 Å². The van der Waals surface area contributed by atoms with Crippen molar-refractivity contribution >= 4 is 17.9 Å². The molecule has 0 unspecified atom stereocenters. The Balaban J connectivity index is 2.15. The van der Waals surface area contributed by atoms with E-state index in [4.69, 9.17) is 15.2 Å². The van der Waals surface area contributed by atoms with Crippen LogP contribution >= 0.6 is 0 Å². The number of benzene rings is 1. The van der Waals surface area contributed by atoms with Gasteiger partial charge in [0.2, 0.25) is 0 Å². The monoisotopic (exact) mass is 343 g/mol. The Morgan fingerprint density at radius 2 is 1.96 bits per heavy atom. The van der Waals surface area contributed by atoms with Crippen LogP contribution in [0.25, 0.3) is 0 Å². The number of aromatic nitrogens is 2. The minimum Gasteiger partial charge on any atom is -0.493 e. The fraction of sp³-hybridized carbons (Fsp3) is 0.389. The molecule has 134 valence electrons. The van der Waals surface area contributed by atoms with Gasteiger partial charge < -0.3 is 20.5 Å². The van der Waals surface area contributed by atoms with Crippen LogP contribution < -0.4 is 20.5 Å². The number of ether oxygens (including phenoxy) is 2. The van der Waals surface area contributed by atoms with Crippen LogP contribution in [-0.4, -0.2) is 36.9 Å². The molecule has 0 amide bonds. The van der Waals surface area contributed by atoms with Crippen molar-refractivity contribution in [3.8, 4) is 11.5 Å². The van der Waals surface area contributed by atoms with E-state index in [1.807, 2.05) is 18.2 Å². The van der Waals surface area contributed by atoms with Gasteiger partial charge in [0.05, 0.1) is 19.8 Å². The van der Waals surface area contributed by atoms with Gasteiger partial charge in [-0.3, -0.25) is 4.99 Å². The minimum atomic E-state index is 0.400. The van der Waals surface area contributed by atoms with E-state index in [-0.39, 0.29) is 0 Å². The number of nitrogens with zero attached hydrogens (tertiary/aromatic N) is 3. The van der Waals surface area contributed by atoms with Gasteiger partial charge in [0, 0.05) is 19.3 Å². The lowest BCUT2D eigenvalue weighted by Crippen LogP contribution is -2.08. The predicted octanol–water partition coefficient (Wildman–Crippen LogP) is 2.76. The highest BCUT2D eigenvalue weighted by Gasteiger charge is 2.09. The zero-order valence-electron chi connectivity index (χ0n) is 15.1. The summed E-state index contributed by atoms with van der Waals surface area (Å²) >= 11 is 0. The quantitative estimate of drug-likeness (QED) is 0.716. The molecule has 2 rings (SSSR count). The number of hydrogen-bond donors (Lipinski definition) is 2. The van der Waals surface area contributed by atoms with Gasteiger partial charge in [0.25, 0.3) is 0 Å². The molecule has 0 atom stereocenters. The van der Waals surface area contributed by atoms with E-state index in [0.29, 0.717) is 41.2 Å². The summed E-state index contributed by atoms with van der Waals surface area (Å²) in [5.74, 6) is 2.90. The topological polar surface area (TPSA) is 94.7 Å². The van der Waals surface area contributed by atoms with Crippen molar-refractivity contribution in [3.63, 3.8) is 0 Å². The van der Waals surface area contributed by atoms with Crippen molar-refractivity contribution < 1.29 is 9.47 Å². The van der Waals surface area contributed by atoms with Crippen LogP contribution in [0.3, 0.4) is 0 Å². The van der Waals surface area contributed by atoms with E-state index in [1.165, 1.54) is 6.33 Å². The molecule has 0 radical (unpaired) electrons. The Kier molecular flexibility index (Phi) is 6.56. The third-order valence-electron chi connectivity index (χ3n) is 3.51. The fourth-order valence-electron chi connectivity index (χ4n) is 2.21. The van der Waals surface area contributed by atoms with Crippen LogP contribution in [0.5, 0.6) is 11.5 Å². The first-order valence-electron chi connectivity index (χ1n) is 8.10. The molecular weight excluding hydrogens is 318 g/mol. The SMILES string of the molecule is COc1ccc(CNc2ncnc(N)c2C=NCC(C)C)cc1OC. The standard InChI is InChI=1S/C18H25N5O2/c1-12(2)8-20-10-14-17(19)22-11-23-18(14)21-9-13-5-6-15(24-3)16(7-13)25-4/h5-7,10-12H,8-9H2,1-4H3,(H3,19,21,22,23).